The summed E-state index contributed by atoms with van der Waals surface area (Å²) in [7, 11) is 1.80. The topological polar surface area (TPSA) is 58.4 Å². The molecule has 0 aromatic carbocycles. The fraction of sp³-hybridized carbons (Fsp3) is 0.556. The maximum atomic E-state index is 11.8. The molecule has 5 nitrogen and oxygen atoms in total. The zero-order valence-corrected chi connectivity index (χ0v) is 8.06. The predicted octanol–water partition coefficient (Wildman–Crippen LogP) is 0.108. The molecule has 14 heavy (non-hydrogen) atoms. The Bertz CT molecular complexity index is 304. The average Bonchev–Trinajstić information content (AvgIpc) is 2.87. The van der Waals surface area contributed by atoms with Crippen LogP contribution in [0.2, 0.25) is 0 Å². The number of carbonyl (C=O) groups excluding carboxylic acids is 1. The zero-order valence-electron chi connectivity index (χ0n) is 8.06. The molecule has 0 saturated carbocycles. The SMILES string of the molecule is CN(C(=O)c1ccon1)C1CCNC1. The number of amides is 1. The van der Waals surface area contributed by atoms with Gasteiger partial charge in [-0.25, -0.2) is 0 Å². The summed E-state index contributed by atoms with van der Waals surface area (Å²) in [5.74, 6) is -0.0764. The highest BCUT2D eigenvalue weighted by Gasteiger charge is 2.25. The Hall–Kier alpha value is -1.36. The summed E-state index contributed by atoms with van der Waals surface area (Å²) < 4.78 is 4.64. The van der Waals surface area contributed by atoms with E-state index >= 15 is 0 Å². The van der Waals surface area contributed by atoms with Crippen LogP contribution >= 0.6 is 0 Å². The minimum Gasteiger partial charge on any atom is -0.364 e. The summed E-state index contributed by atoms with van der Waals surface area (Å²) in [6.07, 6.45) is 2.41. The van der Waals surface area contributed by atoms with E-state index < -0.39 is 0 Å². The lowest BCUT2D eigenvalue weighted by Gasteiger charge is -2.22. The molecule has 1 amide bonds. The monoisotopic (exact) mass is 195 g/mol. The standard InChI is InChI=1S/C9H13N3O2/c1-12(7-2-4-10-6-7)9(13)8-3-5-14-11-8/h3,5,7,10H,2,4,6H2,1H3. The Morgan fingerprint density at radius 1 is 1.79 bits per heavy atom. The largest absolute Gasteiger partial charge is 0.364 e. The first-order chi connectivity index (χ1) is 6.79. The van der Waals surface area contributed by atoms with E-state index in [0.29, 0.717) is 5.69 Å². The minimum absolute atomic E-state index is 0.0764. The Balaban J connectivity index is 2.04. The summed E-state index contributed by atoms with van der Waals surface area (Å²) in [4.78, 5) is 13.5. The van der Waals surface area contributed by atoms with Crippen LogP contribution in [0.15, 0.2) is 16.9 Å². The fourth-order valence-electron chi connectivity index (χ4n) is 1.64. The van der Waals surface area contributed by atoms with Crippen molar-refractivity contribution in [1.82, 2.24) is 15.4 Å². The van der Waals surface area contributed by atoms with Gasteiger partial charge in [-0.2, -0.15) is 0 Å². The quantitative estimate of drug-likeness (QED) is 0.727. The fourth-order valence-corrected chi connectivity index (χ4v) is 1.64. The van der Waals surface area contributed by atoms with Crippen LogP contribution in [0, 0.1) is 0 Å². The molecule has 1 N–H and O–H groups in total. The van der Waals surface area contributed by atoms with Crippen molar-refractivity contribution in [2.45, 2.75) is 12.5 Å². The molecule has 0 bridgehead atoms. The predicted molar refractivity (Wildman–Crippen MR) is 49.9 cm³/mol. The van der Waals surface area contributed by atoms with Gasteiger partial charge in [0.15, 0.2) is 5.69 Å². The van der Waals surface area contributed by atoms with Crippen molar-refractivity contribution >= 4 is 5.91 Å². The second-order valence-electron chi connectivity index (χ2n) is 3.45. The lowest BCUT2D eigenvalue weighted by atomic mass is 10.2. The van der Waals surface area contributed by atoms with E-state index in [-0.39, 0.29) is 11.9 Å². The molecule has 0 spiro atoms. The Labute approximate surface area is 82.1 Å². The normalized spacial score (nSPS) is 21.1. The van der Waals surface area contributed by atoms with E-state index in [4.69, 9.17) is 0 Å². The number of hydrogen-bond donors (Lipinski definition) is 1. The van der Waals surface area contributed by atoms with Gasteiger partial charge >= 0.3 is 0 Å². The number of rotatable bonds is 2. The van der Waals surface area contributed by atoms with Gasteiger partial charge in [-0.05, 0) is 13.0 Å². The number of nitrogens with zero attached hydrogens (tertiary/aromatic N) is 2. The van der Waals surface area contributed by atoms with Crippen LogP contribution in [-0.4, -0.2) is 42.1 Å². The van der Waals surface area contributed by atoms with Crippen molar-refractivity contribution in [2.75, 3.05) is 20.1 Å². The molecule has 5 heteroatoms. The summed E-state index contributed by atoms with van der Waals surface area (Å²) in [6.45, 7) is 1.83. The highest BCUT2D eigenvalue weighted by molar-refractivity contribution is 5.92. The summed E-state index contributed by atoms with van der Waals surface area (Å²) >= 11 is 0. The van der Waals surface area contributed by atoms with E-state index in [1.54, 1.807) is 18.0 Å². The zero-order chi connectivity index (χ0) is 9.97. The third kappa shape index (κ3) is 1.63. The average molecular weight is 195 g/mol. The Morgan fingerprint density at radius 3 is 3.21 bits per heavy atom. The van der Waals surface area contributed by atoms with E-state index in [9.17, 15) is 4.79 Å². The van der Waals surface area contributed by atoms with E-state index in [1.807, 2.05) is 0 Å². The van der Waals surface area contributed by atoms with Gasteiger partial charge in [0.2, 0.25) is 0 Å². The number of hydrogen-bond acceptors (Lipinski definition) is 4. The first-order valence-corrected chi connectivity index (χ1v) is 4.67. The van der Waals surface area contributed by atoms with Crippen molar-refractivity contribution in [3.8, 4) is 0 Å². The molecule has 2 rings (SSSR count). The maximum Gasteiger partial charge on any atom is 0.276 e. The first-order valence-electron chi connectivity index (χ1n) is 4.67. The number of likely N-dealkylation sites (N-methyl/N-ethyl adjacent to an activating group) is 1. The Morgan fingerprint density at radius 2 is 2.64 bits per heavy atom. The van der Waals surface area contributed by atoms with Gasteiger partial charge < -0.3 is 14.7 Å². The molecule has 1 atom stereocenters. The number of aromatic nitrogens is 1. The molecule has 1 aromatic heterocycles. The smallest absolute Gasteiger partial charge is 0.276 e. The van der Waals surface area contributed by atoms with Crippen molar-refractivity contribution in [1.29, 1.82) is 0 Å². The molecule has 1 aromatic rings. The third-order valence-corrected chi connectivity index (χ3v) is 2.56. The van der Waals surface area contributed by atoms with Gasteiger partial charge in [0.1, 0.15) is 6.26 Å². The van der Waals surface area contributed by atoms with Gasteiger partial charge in [-0.3, -0.25) is 4.79 Å². The van der Waals surface area contributed by atoms with Crippen LogP contribution in [0.25, 0.3) is 0 Å². The molecule has 1 unspecified atom stereocenters. The second-order valence-corrected chi connectivity index (χ2v) is 3.45. The minimum atomic E-state index is -0.0764. The van der Waals surface area contributed by atoms with Crippen LogP contribution < -0.4 is 5.32 Å². The Kier molecular flexibility index (Phi) is 2.49. The van der Waals surface area contributed by atoms with Crippen LogP contribution in [0.5, 0.6) is 0 Å². The summed E-state index contributed by atoms with van der Waals surface area (Å²) in [6, 6.07) is 1.86. The van der Waals surface area contributed by atoms with Crippen LogP contribution in [-0.2, 0) is 0 Å². The van der Waals surface area contributed by atoms with Gasteiger partial charge in [0.05, 0.1) is 0 Å². The third-order valence-electron chi connectivity index (χ3n) is 2.56. The van der Waals surface area contributed by atoms with E-state index in [0.717, 1.165) is 19.5 Å². The van der Waals surface area contributed by atoms with Gasteiger partial charge in [-0.15, -0.1) is 0 Å². The molecule has 0 radical (unpaired) electrons. The second kappa shape index (κ2) is 3.79. The van der Waals surface area contributed by atoms with Crippen molar-refractivity contribution in [3.05, 3.63) is 18.0 Å². The maximum absolute atomic E-state index is 11.8. The van der Waals surface area contributed by atoms with Gasteiger partial charge in [0.25, 0.3) is 5.91 Å². The van der Waals surface area contributed by atoms with E-state index in [2.05, 4.69) is 15.0 Å². The van der Waals surface area contributed by atoms with Crippen molar-refractivity contribution in [2.24, 2.45) is 0 Å². The molecule has 1 aliphatic heterocycles. The number of carbonyl (C=O) groups is 1. The molecule has 1 aliphatic rings. The lowest BCUT2D eigenvalue weighted by molar-refractivity contribution is 0.0733. The van der Waals surface area contributed by atoms with Crippen molar-refractivity contribution in [3.63, 3.8) is 0 Å². The molecule has 1 saturated heterocycles. The molecule has 76 valence electrons. The van der Waals surface area contributed by atoms with Crippen LogP contribution in [0.3, 0.4) is 0 Å². The van der Waals surface area contributed by atoms with Crippen molar-refractivity contribution < 1.29 is 9.32 Å². The van der Waals surface area contributed by atoms with Crippen LogP contribution in [0.1, 0.15) is 16.9 Å². The molecular weight excluding hydrogens is 182 g/mol. The summed E-state index contributed by atoms with van der Waals surface area (Å²) in [5, 5.41) is 6.84. The van der Waals surface area contributed by atoms with Gasteiger partial charge in [-0.1, -0.05) is 5.16 Å². The molecule has 1 fully saturated rings. The van der Waals surface area contributed by atoms with Crippen LogP contribution in [0.4, 0.5) is 0 Å². The van der Waals surface area contributed by atoms with E-state index in [1.165, 1.54) is 6.26 Å². The molecule has 2 heterocycles. The molecule has 0 aliphatic carbocycles. The lowest BCUT2D eigenvalue weighted by Crippen LogP contribution is -2.38. The first kappa shape index (κ1) is 9.21. The highest BCUT2D eigenvalue weighted by Crippen LogP contribution is 2.09. The highest BCUT2D eigenvalue weighted by atomic mass is 16.5. The molecular formula is C9H13N3O2. The summed E-state index contributed by atoms with van der Waals surface area (Å²) in [5.41, 5.74) is 0.374. The number of nitrogens with one attached hydrogen (secondary N) is 1. The van der Waals surface area contributed by atoms with Gasteiger partial charge in [0, 0.05) is 25.7 Å².